The minimum atomic E-state index is -0.348. The lowest BCUT2D eigenvalue weighted by Crippen LogP contribution is -2.31. The highest BCUT2D eigenvalue weighted by molar-refractivity contribution is 6.04. The molecule has 0 spiro atoms. The van der Waals surface area contributed by atoms with Crippen LogP contribution in [0.25, 0.3) is 0 Å². The Balaban J connectivity index is 1.85. The van der Waals surface area contributed by atoms with Gasteiger partial charge >= 0.3 is 0 Å². The number of nitrogens with zero attached hydrogens (tertiary/aromatic N) is 3. The zero-order valence-electron chi connectivity index (χ0n) is 17.1. The molecule has 0 bridgehead atoms. The third-order valence-corrected chi connectivity index (χ3v) is 5.04. The maximum atomic E-state index is 12.9. The maximum Gasteiger partial charge on any atom is 0.291 e. The van der Waals surface area contributed by atoms with E-state index in [1.165, 1.54) is 6.92 Å². The zero-order valence-corrected chi connectivity index (χ0v) is 17.1. The van der Waals surface area contributed by atoms with Gasteiger partial charge in [-0.25, -0.2) is 4.98 Å². The lowest BCUT2D eigenvalue weighted by Gasteiger charge is -2.20. The molecule has 0 radical (unpaired) electrons. The van der Waals surface area contributed by atoms with Crippen LogP contribution < -0.4 is 10.6 Å². The van der Waals surface area contributed by atoms with Crippen molar-refractivity contribution in [2.45, 2.75) is 46.6 Å². The minimum Gasteiger partial charge on any atom is -0.338 e. The second kappa shape index (κ2) is 8.89. The average Bonchev–Trinajstić information content (AvgIpc) is 3.10. The van der Waals surface area contributed by atoms with E-state index in [0.717, 1.165) is 25.0 Å². The van der Waals surface area contributed by atoms with E-state index in [1.807, 2.05) is 18.4 Å². The summed E-state index contributed by atoms with van der Waals surface area (Å²) < 4.78 is 1.88. The molecule has 0 saturated carbocycles. The molecule has 8 heteroatoms. The van der Waals surface area contributed by atoms with Gasteiger partial charge in [0, 0.05) is 37.9 Å². The summed E-state index contributed by atoms with van der Waals surface area (Å²) in [6, 6.07) is 6.86. The molecule has 1 aromatic heterocycles. The Morgan fingerprint density at radius 2 is 1.66 bits per heavy atom. The number of hydrogen-bond acceptors (Lipinski definition) is 4. The summed E-state index contributed by atoms with van der Waals surface area (Å²) in [6.07, 6.45) is 2.68. The average molecular weight is 397 g/mol. The fraction of sp³-hybridized carbons (Fsp3) is 0.429. The summed E-state index contributed by atoms with van der Waals surface area (Å²) in [6.45, 7) is 7.18. The second-order valence-corrected chi connectivity index (χ2v) is 7.03. The van der Waals surface area contributed by atoms with Crippen LogP contribution in [0, 0.1) is 0 Å². The lowest BCUT2D eigenvalue weighted by molar-refractivity contribution is -0.114. The molecule has 0 saturated heterocycles. The number of aromatic nitrogens is 2. The number of carbonyl (C=O) groups is 3. The SMILES string of the molecule is CCN(CC)C(=O)c1nc(C(=O)Nc2ccc(NC(C)=O)cc2)n2c1CCCC2. The number of imidazole rings is 1. The van der Waals surface area contributed by atoms with Crippen molar-refractivity contribution >= 4 is 29.1 Å². The van der Waals surface area contributed by atoms with Gasteiger partial charge in [-0.3, -0.25) is 14.4 Å². The molecule has 0 aliphatic carbocycles. The van der Waals surface area contributed by atoms with Gasteiger partial charge in [0.2, 0.25) is 5.91 Å². The first-order chi connectivity index (χ1) is 13.9. The monoisotopic (exact) mass is 397 g/mol. The summed E-state index contributed by atoms with van der Waals surface area (Å²) in [4.78, 5) is 43.1. The number of anilines is 2. The molecular weight excluding hydrogens is 370 g/mol. The first-order valence-electron chi connectivity index (χ1n) is 10.0. The highest BCUT2D eigenvalue weighted by Gasteiger charge is 2.29. The number of fused-ring (bicyclic) bond motifs is 1. The third kappa shape index (κ3) is 4.47. The van der Waals surface area contributed by atoms with Crippen LogP contribution in [0.5, 0.6) is 0 Å². The van der Waals surface area contributed by atoms with E-state index in [4.69, 9.17) is 0 Å². The van der Waals surface area contributed by atoms with Gasteiger partial charge in [-0.15, -0.1) is 0 Å². The molecule has 8 nitrogen and oxygen atoms in total. The molecule has 0 atom stereocenters. The van der Waals surface area contributed by atoms with Crippen LogP contribution in [0.1, 0.15) is 60.4 Å². The van der Waals surface area contributed by atoms with Gasteiger partial charge in [-0.2, -0.15) is 0 Å². The molecule has 29 heavy (non-hydrogen) atoms. The largest absolute Gasteiger partial charge is 0.338 e. The minimum absolute atomic E-state index is 0.126. The van der Waals surface area contributed by atoms with Crippen molar-refractivity contribution in [2.24, 2.45) is 0 Å². The van der Waals surface area contributed by atoms with E-state index < -0.39 is 0 Å². The Bertz CT molecular complexity index is 913. The quantitative estimate of drug-likeness (QED) is 0.783. The number of benzene rings is 1. The smallest absolute Gasteiger partial charge is 0.291 e. The topological polar surface area (TPSA) is 96.3 Å². The number of nitrogens with one attached hydrogen (secondary N) is 2. The Morgan fingerprint density at radius 1 is 1.03 bits per heavy atom. The van der Waals surface area contributed by atoms with Gasteiger partial charge in [0.05, 0.1) is 5.69 Å². The molecular formula is C21H27N5O3. The standard InChI is InChI=1S/C21H27N5O3/c1-4-25(5-2)21(29)18-17-8-6-7-13-26(17)19(24-18)20(28)23-16-11-9-15(10-12-16)22-14(3)27/h9-12H,4-8,13H2,1-3H3,(H,22,27)(H,23,28). The van der Waals surface area contributed by atoms with Gasteiger partial charge in [-0.1, -0.05) is 0 Å². The highest BCUT2D eigenvalue weighted by Crippen LogP contribution is 2.23. The third-order valence-electron chi connectivity index (χ3n) is 5.04. The molecule has 154 valence electrons. The van der Waals surface area contributed by atoms with Gasteiger partial charge < -0.3 is 20.1 Å². The van der Waals surface area contributed by atoms with Crippen LogP contribution in [-0.4, -0.2) is 45.3 Å². The Morgan fingerprint density at radius 3 is 2.24 bits per heavy atom. The predicted octanol–water partition coefficient (Wildman–Crippen LogP) is 2.91. The van der Waals surface area contributed by atoms with Crippen molar-refractivity contribution in [3.05, 3.63) is 41.5 Å². The number of rotatable bonds is 6. The van der Waals surface area contributed by atoms with E-state index in [2.05, 4.69) is 15.6 Å². The molecule has 1 aliphatic rings. The van der Waals surface area contributed by atoms with Gasteiger partial charge in [0.15, 0.2) is 5.82 Å². The van der Waals surface area contributed by atoms with Crippen molar-refractivity contribution < 1.29 is 14.4 Å². The number of amides is 3. The van der Waals surface area contributed by atoms with E-state index >= 15 is 0 Å². The molecule has 2 aromatic rings. The van der Waals surface area contributed by atoms with Gasteiger partial charge in [0.25, 0.3) is 11.8 Å². The summed E-state index contributed by atoms with van der Waals surface area (Å²) in [5.41, 5.74) is 2.48. The summed E-state index contributed by atoms with van der Waals surface area (Å²) >= 11 is 0. The highest BCUT2D eigenvalue weighted by atomic mass is 16.2. The molecule has 2 N–H and O–H groups in total. The van der Waals surface area contributed by atoms with Crippen molar-refractivity contribution in [2.75, 3.05) is 23.7 Å². The molecule has 2 heterocycles. The summed E-state index contributed by atoms with van der Waals surface area (Å²) in [5, 5.41) is 5.52. The van der Waals surface area contributed by atoms with E-state index in [-0.39, 0.29) is 23.5 Å². The molecule has 0 unspecified atom stereocenters. The normalized spacial score (nSPS) is 12.8. The Kier molecular flexibility index (Phi) is 6.31. The van der Waals surface area contributed by atoms with Crippen LogP contribution >= 0.6 is 0 Å². The molecule has 3 amide bonds. The lowest BCUT2D eigenvalue weighted by atomic mass is 10.1. The van der Waals surface area contributed by atoms with Gasteiger partial charge in [-0.05, 0) is 57.4 Å². The maximum absolute atomic E-state index is 12.9. The van der Waals surface area contributed by atoms with E-state index in [0.29, 0.717) is 36.7 Å². The predicted molar refractivity (Wildman–Crippen MR) is 111 cm³/mol. The first kappa shape index (κ1) is 20.6. The van der Waals surface area contributed by atoms with Crippen molar-refractivity contribution in [1.82, 2.24) is 14.5 Å². The molecule has 3 rings (SSSR count). The fourth-order valence-electron chi connectivity index (χ4n) is 3.58. The second-order valence-electron chi connectivity index (χ2n) is 7.03. The zero-order chi connectivity index (χ0) is 21.0. The van der Waals surface area contributed by atoms with Crippen LogP contribution in [0.2, 0.25) is 0 Å². The first-order valence-corrected chi connectivity index (χ1v) is 10.0. The molecule has 0 fully saturated rings. The van der Waals surface area contributed by atoms with Crippen LogP contribution in [0.4, 0.5) is 11.4 Å². The van der Waals surface area contributed by atoms with E-state index in [9.17, 15) is 14.4 Å². The van der Waals surface area contributed by atoms with Crippen molar-refractivity contribution in [1.29, 1.82) is 0 Å². The van der Waals surface area contributed by atoms with Crippen molar-refractivity contribution in [3.63, 3.8) is 0 Å². The van der Waals surface area contributed by atoms with Crippen LogP contribution in [-0.2, 0) is 17.8 Å². The molecule has 1 aromatic carbocycles. The summed E-state index contributed by atoms with van der Waals surface area (Å²) in [5.74, 6) is -0.365. The number of carbonyl (C=O) groups excluding carboxylic acids is 3. The van der Waals surface area contributed by atoms with Crippen LogP contribution in [0.15, 0.2) is 24.3 Å². The van der Waals surface area contributed by atoms with E-state index in [1.54, 1.807) is 29.2 Å². The van der Waals surface area contributed by atoms with Crippen LogP contribution in [0.3, 0.4) is 0 Å². The molecule has 1 aliphatic heterocycles. The summed E-state index contributed by atoms with van der Waals surface area (Å²) in [7, 11) is 0. The number of hydrogen-bond donors (Lipinski definition) is 2. The van der Waals surface area contributed by atoms with Gasteiger partial charge in [0.1, 0.15) is 5.69 Å². The Hall–Kier alpha value is -3.16. The Labute approximate surface area is 170 Å². The fourth-order valence-corrected chi connectivity index (χ4v) is 3.58. The van der Waals surface area contributed by atoms with Crippen molar-refractivity contribution in [3.8, 4) is 0 Å².